The lowest BCUT2D eigenvalue weighted by Crippen LogP contribution is -2.02. The van der Waals surface area contributed by atoms with Crippen LogP contribution >= 0.6 is 0 Å². The van der Waals surface area contributed by atoms with Gasteiger partial charge in [0.05, 0.1) is 11.0 Å². The van der Waals surface area contributed by atoms with E-state index in [-0.39, 0.29) is 17.0 Å². The number of rotatable bonds is 3. The van der Waals surface area contributed by atoms with Crippen LogP contribution in [0, 0.1) is 16.7 Å². The van der Waals surface area contributed by atoms with Gasteiger partial charge in [0.2, 0.25) is 0 Å². The van der Waals surface area contributed by atoms with E-state index < -0.39 is 10.9 Å². The van der Waals surface area contributed by atoms with E-state index in [9.17, 15) is 14.9 Å². The van der Waals surface area contributed by atoms with Gasteiger partial charge in [0.25, 0.3) is 5.69 Å². The van der Waals surface area contributed by atoms with E-state index in [0.717, 1.165) is 12.1 Å². The molecule has 0 aliphatic heterocycles. The summed E-state index contributed by atoms with van der Waals surface area (Å²) in [5, 5.41) is 19.2. The molecule has 0 bridgehead atoms. The van der Waals surface area contributed by atoms with Gasteiger partial charge in [-0.15, -0.1) is 0 Å². The van der Waals surface area contributed by atoms with E-state index in [2.05, 4.69) is 4.74 Å². The average molecular weight is 210 g/mol. The molecular weight excluding hydrogens is 202 g/mol. The van der Waals surface area contributed by atoms with Gasteiger partial charge in [0.15, 0.2) is 0 Å². The zero-order valence-corrected chi connectivity index (χ0v) is 7.84. The lowest BCUT2D eigenvalue weighted by molar-refractivity contribution is -0.385. The highest BCUT2D eigenvalue weighted by molar-refractivity contribution is 5.69. The Balaban J connectivity index is 3.11. The third-order valence-corrected chi connectivity index (χ3v) is 1.54. The normalized spacial score (nSPS) is 9.73. The first kappa shape index (κ1) is 11.1. The fourth-order valence-electron chi connectivity index (χ4n) is 1.01. The highest BCUT2D eigenvalue weighted by Gasteiger charge is 2.11. The number of nitro groups is 1. The highest BCUT2D eigenvalue weighted by atomic mass is 16.6. The Bertz CT molecular complexity index is 401. The van der Waals surface area contributed by atoms with Gasteiger partial charge in [-0.3, -0.25) is 14.9 Å². The number of nitro benzene ring substituents is 1. The second kappa shape index (κ2) is 4.52. The molecule has 1 aromatic carbocycles. The predicted octanol–water partition coefficient (Wildman–Crippen LogP) is 1.40. The van der Waals surface area contributed by atoms with Crippen LogP contribution in [0.1, 0.15) is 12.5 Å². The smallest absolute Gasteiger partial charge is 0.308 e. The maximum Gasteiger partial charge on any atom is 0.308 e. The number of carbonyl (C=O) groups excluding carboxylic acids is 1. The number of non-ortho nitro benzene ring substituents is 1. The molecule has 0 fully saturated rings. The third-order valence-electron chi connectivity index (χ3n) is 1.54. The molecule has 6 nitrogen and oxygen atoms in total. The molecule has 6 heteroatoms. The lowest BCUT2D eigenvalue weighted by atomic mass is 10.2. The minimum atomic E-state index is -0.639. The Kier molecular flexibility index (Phi) is 3.35. The average Bonchev–Trinajstić information content (AvgIpc) is 2.16. The number of hydrogen-bond donors (Lipinski definition) is 1. The van der Waals surface area contributed by atoms with Crippen molar-refractivity contribution in [3.63, 3.8) is 0 Å². The number of esters is 1. The summed E-state index contributed by atoms with van der Waals surface area (Å²) in [6.45, 7) is 1.88. The van der Waals surface area contributed by atoms with Crippen molar-refractivity contribution in [2.45, 2.75) is 6.92 Å². The number of carbonyl (C=O) groups is 1. The largest absolute Gasteiger partial charge is 0.426 e. The molecule has 0 amide bonds. The highest BCUT2D eigenvalue weighted by Crippen LogP contribution is 2.23. The number of aliphatic hydroxyl groups is 1. The van der Waals surface area contributed by atoms with Crippen molar-refractivity contribution in [2.24, 2.45) is 0 Å². The maximum absolute atomic E-state index is 10.6. The SMILES string of the molecule is CC(=O)Oc1cc([CH]O)cc([N+](=O)[O-])c1. The van der Waals surface area contributed by atoms with Crippen LogP contribution in [-0.4, -0.2) is 16.0 Å². The number of aliphatic hydroxyl groups excluding tert-OH is 1. The summed E-state index contributed by atoms with van der Waals surface area (Å²) in [6, 6.07) is 3.58. The fourth-order valence-corrected chi connectivity index (χ4v) is 1.01. The van der Waals surface area contributed by atoms with Crippen molar-refractivity contribution in [1.82, 2.24) is 0 Å². The first-order valence-electron chi connectivity index (χ1n) is 3.98. The lowest BCUT2D eigenvalue weighted by Gasteiger charge is -2.03. The van der Waals surface area contributed by atoms with Gasteiger partial charge in [-0.1, -0.05) is 0 Å². The molecule has 0 aliphatic carbocycles. The summed E-state index contributed by atoms with van der Waals surface area (Å²) < 4.78 is 4.67. The Hall–Kier alpha value is -1.95. The number of ether oxygens (including phenoxy) is 1. The van der Waals surface area contributed by atoms with Crippen LogP contribution in [-0.2, 0) is 4.79 Å². The van der Waals surface area contributed by atoms with Crippen LogP contribution in [0.4, 0.5) is 5.69 Å². The van der Waals surface area contributed by atoms with Crippen molar-refractivity contribution in [3.8, 4) is 5.75 Å². The van der Waals surface area contributed by atoms with Gasteiger partial charge in [0, 0.05) is 13.0 Å². The van der Waals surface area contributed by atoms with Crippen molar-refractivity contribution in [2.75, 3.05) is 0 Å². The molecule has 1 radical (unpaired) electrons. The summed E-state index contributed by atoms with van der Waals surface area (Å²) in [5.41, 5.74) is -0.0606. The molecule has 0 aromatic heterocycles. The van der Waals surface area contributed by atoms with E-state index in [0.29, 0.717) is 6.61 Å². The maximum atomic E-state index is 10.6. The molecule has 0 atom stereocenters. The van der Waals surface area contributed by atoms with E-state index >= 15 is 0 Å². The van der Waals surface area contributed by atoms with E-state index in [1.54, 1.807) is 0 Å². The van der Waals surface area contributed by atoms with Gasteiger partial charge in [-0.05, 0) is 11.6 Å². The Morgan fingerprint density at radius 3 is 2.67 bits per heavy atom. The van der Waals surface area contributed by atoms with Crippen LogP contribution in [0.3, 0.4) is 0 Å². The molecular formula is C9H8NO5. The van der Waals surface area contributed by atoms with Gasteiger partial charge in [-0.2, -0.15) is 0 Å². The summed E-state index contributed by atoms with van der Waals surface area (Å²) in [5.74, 6) is -0.559. The molecule has 0 aliphatic rings. The van der Waals surface area contributed by atoms with E-state index in [1.165, 1.54) is 13.0 Å². The van der Waals surface area contributed by atoms with Crippen LogP contribution in [0.2, 0.25) is 0 Å². The van der Waals surface area contributed by atoms with Gasteiger partial charge < -0.3 is 9.84 Å². The zero-order chi connectivity index (χ0) is 11.4. The molecule has 0 unspecified atom stereocenters. The number of nitrogens with zero attached hydrogens (tertiary/aromatic N) is 1. The third kappa shape index (κ3) is 3.03. The molecule has 0 saturated carbocycles. The van der Waals surface area contributed by atoms with Crippen LogP contribution in [0.15, 0.2) is 18.2 Å². The fraction of sp³-hybridized carbons (Fsp3) is 0.111. The minimum absolute atomic E-state index is 0.0250. The summed E-state index contributed by atoms with van der Waals surface area (Å²) in [4.78, 5) is 20.5. The Morgan fingerprint density at radius 2 is 2.20 bits per heavy atom. The first-order chi connectivity index (χ1) is 7.02. The number of benzene rings is 1. The quantitative estimate of drug-likeness (QED) is 0.352. The second-order valence-electron chi connectivity index (χ2n) is 2.74. The molecule has 1 N–H and O–H groups in total. The molecule has 15 heavy (non-hydrogen) atoms. The van der Waals surface area contributed by atoms with Crippen molar-refractivity contribution in [3.05, 3.63) is 40.5 Å². The summed E-state index contributed by atoms with van der Waals surface area (Å²) >= 11 is 0. The van der Waals surface area contributed by atoms with E-state index in [1.807, 2.05) is 0 Å². The van der Waals surface area contributed by atoms with Gasteiger partial charge >= 0.3 is 5.97 Å². The first-order valence-corrected chi connectivity index (χ1v) is 3.98. The number of hydrogen-bond acceptors (Lipinski definition) is 5. The standard InChI is InChI=1S/C9H8NO5/c1-6(12)15-9-3-7(5-11)2-8(4-9)10(13)14/h2-5,11H,1H3. The topological polar surface area (TPSA) is 89.7 Å². The predicted molar refractivity (Wildman–Crippen MR) is 49.7 cm³/mol. The Morgan fingerprint density at radius 1 is 1.53 bits per heavy atom. The van der Waals surface area contributed by atoms with Crippen LogP contribution < -0.4 is 4.74 Å². The summed E-state index contributed by atoms with van der Waals surface area (Å²) in [6.07, 6.45) is 0. The second-order valence-corrected chi connectivity index (χ2v) is 2.74. The van der Waals surface area contributed by atoms with Gasteiger partial charge in [-0.25, -0.2) is 0 Å². The van der Waals surface area contributed by atoms with Gasteiger partial charge in [0.1, 0.15) is 12.4 Å². The van der Waals surface area contributed by atoms with Crippen LogP contribution in [0.25, 0.3) is 0 Å². The zero-order valence-electron chi connectivity index (χ0n) is 7.84. The van der Waals surface area contributed by atoms with Crippen LogP contribution in [0.5, 0.6) is 5.75 Å². The molecule has 0 spiro atoms. The monoisotopic (exact) mass is 210 g/mol. The Labute approximate surface area is 85.2 Å². The molecule has 1 rings (SSSR count). The molecule has 1 aromatic rings. The minimum Gasteiger partial charge on any atom is -0.426 e. The molecule has 0 saturated heterocycles. The summed E-state index contributed by atoms with van der Waals surface area (Å²) in [7, 11) is 0. The van der Waals surface area contributed by atoms with Crippen molar-refractivity contribution < 1.29 is 19.6 Å². The van der Waals surface area contributed by atoms with E-state index in [4.69, 9.17) is 5.11 Å². The molecule has 0 heterocycles. The van der Waals surface area contributed by atoms with Crippen molar-refractivity contribution in [1.29, 1.82) is 0 Å². The molecule has 79 valence electrons. The van der Waals surface area contributed by atoms with Crippen molar-refractivity contribution >= 4 is 11.7 Å².